The fourth-order valence-electron chi connectivity index (χ4n) is 1.56. The lowest BCUT2D eigenvalue weighted by molar-refractivity contribution is -0.138. The molecule has 1 rings (SSSR count). The fraction of sp³-hybridized carbons (Fsp3) is 0.375. The summed E-state index contributed by atoms with van der Waals surface area (Å²) in [6.07, 6.45) is 3.31. The molecule has 0 aliphatic heterocycles. The number of hydrogen-bond acceptors (Lipinski definition) is 4. The molecule has 0 amide bonds. The Kier molecular flexibility index (Phi) is 6.31. The van der Waals surface area contributed by atoms with Crippen molar-refractivity contribution in [1.29, 1.82) is 5.26 Å². The Morgan fingerprint density at radius 3 is 2.50 bits per heavy atom. The third-order valence-corrected chi connectivity index (χ3v) is 2.79. The largest absolute Gasteiger partial charge is 0.462 e. The molecule has 0 atom stereocenters. The second-order valence-electron chi connectivity index (χ2n) is 4.65. The number of unbranched alkanes of at least 4 members (excludes halogenated alkanes) is 1. The van der Waals surface area contributed by atoms with Crippen molar-refractivity contribution in [1.82, 2.24) is 0 Å². The van der Waals surface area contributed by atoms with Crippen LogP contribution >= 0.6 is 0 Å². The minimum Gasteiger partial charge on any atom is -0.462 e. The zero-order chi connectivity index (χ0) is 15.0. The monoisotopic (exact) mass is 272 g/mol. The van der Waals surface area contributed by atoms with E-state index < -0.39 is 5.97 Å². The summed E-state index contributed by atoms with van der Waals surface area (Å²) < 4.78 is 5.03. The molecule has 0 spiro atoms. The Labute approximate surface area is 120 Å². The maximum absolute atomic E-state index is 11.7. The third-order valence-electron chi connectivity index (χ3n) is 2.79. The number of esters is 1. The normalized spacial score (nSPS) is 10.8. The molecular formula is C16H20N2O2. The molecule has 1 aromatic rings. The molecule has 4 nitrogen and oxygen atoms in total. The summed E-state index contributed by atoms with van der Waals surface area (Å²) in [7, 11) is 3.91. The van der Waals surface area contributed by atoms with E-state index in [9.17, 15) is 4.79 Å². The molecule has 1 aromatic carbocycles. The predicted molar refractivity (Wildman–Crippen MR) is 80.2 cm³/mol. The average Bonchev–Trinajstić information content (AvgIpc) is 2.45. The summed E-state index contributed by atoms with van der Waals surface area (Å²) in [5.41, 5.74) is 1.89. The van der Waals surface area contributed by atoms with Crippen LogP contribution in [0.25, 0.3) is 6.08 Å². The van der Waals surface area contributed by atoms with E-state index in [1.165, 1.54) is 0 Å². The van der Waals surface area contributed by atoms with E-state index in [0.29, 0.717) is 6.61 Å². The van der Waals surface area contributed by atoms with Gasteiger partial charge in [-0.25, -0.2) is 4.79 Å². The van der Waals surface area contributed by atoms with Crippen LogP contribution in [0.3, 0.4) is 0 Å². The van der Waals surface area contributed by atoms with Crippen LogP contribution in [-0.4, -0.2) is 26.7 Å². The van der Waals surface area contributed by atoms with Gasteiger partial charge in [0.05, 0.1) is 6.61 Å². The molecule has 0 N–H and O–H groups in total. The van der Waals surface area contributed by atoms with Gasteiger partial charge in [-0.2, -0.15) is 5.26 Å². The molecule has 0 saturated heterocycles. The lowest BCUT2D eigenvalue weighted by atomic mass is 10.1. The second kappa shape index (κ2) is 8.00. The van der Waals surface area contributed by atoms with Crippen LogP contribution in [0.5, 0.6) is 0 Å². The summed E-state index contributed by atoms with van der Waals surface area (Å²) in [6.45, 7) is 2.37. The minimum atomic E-state index is -0.558. The SMILES string of the molecule is CCCCOC(=O)C(C#N)=Cc1ccc(N(C)C)cc1. The molecule has 0 aliphatic carbocycles. The Hall–Kier alpha value is -2.28. The van der Waals surface area contributed by atoms with E-state index in [2.05, 4.69) is 0 Å². The molecule has 106 valence electrons. The van der Waals surface area contributed by atoms with E-state index >= 15 is 0 Å². The van der Waals surface area contributed by atoms with Gasteiger partial charge in [0.25, 0.3) is 0 Å². The zero-order valence-corrected chi connectivity index (χ0v) is 12.2. The number of anilines is 1. The molecule has 20 heavy (non-hydrogen) atoms. The number of ether oxygens (including phenoxy) is 1. The Balaban J connectivity index is 2.78. The van der Waals surface area contributed by atoms with Gasteiger partial charge in [0.1, 0.15) is 11.6 Å². The lowest BCUT2D eigenvalue weighted by Crippen LogP contribution is -2.08. The first-order valence-electron chi connectivity index (χ1n) is 6.64. The van der Waals surface area contributed by atoms with Crippen molar-refractivity contribution in [2.24, 2.45) is 0 Å². The summed E-state index contributed by atoms with van der Waals surface area (Å²) in [5, 5.41) is 9.03. The molecule has 0 heterocycles. The van der Waals surface area contributed by atoms with Gasteiger partial charge in [0.15, 0.2) is 0 Å². The van der Waals surface area contributed by atoms with Crippen molar-refractivity contribution in [2.45, 2.75) is 19.8 Å². The van der Waals surface area contributed by atoms with Crippen molar-refractivity contribution >= 4 is 17.7 Å². The van der Waals surface area contributed by atoms with E-state index in [4.69, 9.17) is 10.00 Å². The highest BCUT2D eigenvalue weighted by atomic mass is 16.5. The van der Waals surface area contributed by atoms with Gasteiger partial charge >= 0.3 is 5.97 Å². The number of nitriles is 1. The van der Waals surface area contributed by atoms with Gasteiger partial charge in [-0.3, -0.25) is 0 Å². The molecule has 0 bridgehead atoms. The molecular weight excluding hydrogens is 252 g/mol. The van der Waals surface area contributed by atoms with Crippen molar-refractivity contribution in [3.8, 4) is 6.07 Å². The van der Waals surface area contributed by atoms with Crippen LogP contribution in [0.2, 0.25) is 0 Å². The van der Waals surface area contributed by atoms with Crippen LogP contribution in [0.4, 0.5) is 5.69 Å². The highest BCUT2D eigenvalue weighted by Crippen LogP contribution is 2.15. The molecule has 0 unspecified atom stereocenters. The van der Waals surface area contributed by atoms with Gasteiger partial charge in [-0.05, 0) is 30.2 Å². The predicted octanol–water partition coefficient (Wildman–Crippen LogP) is 3.00. The van der Waals surface area contributed by atoms with E-state index in [1.807, 2.05) is 56.3 Å². The van der Waals surface area contributed by atoms with Gasteiger partial charge in [0, 0.05) is 19.8 Å². The van der Waals surface area contributed by atoms with Crippen molar-refractivity contribution < 1.29 is 9.53 Å². The average molecular weight is 272 g/mol. The maximum Gasteiger partial charge on any atom is 0.348 e. The van der Waals surface area contributed by atoms with Crippen LogP contribution in [0.1, 0.15) is 25.3 Å². The smallest absolute Gasteiger partial charge is 0.348 e. The number of hydrogen-bond donors (Lipinski definition) is 0. The third kappa shape index (κ3) is 4.77. The number of carbonyl (C=O) groups excluding carboxylic acids is 1. The fourth-order valence-corrected chi connectivity index (χ4v) is 1.56. The first kappa shape index (κ1) is 15.8. The quantitative estimate of drug-likeness (QED) is 0.346. The van der Waals surface area contributed by atoms with E-state index in [-0.39, 0.29) is 5.57 Å². The van der Waals surface area contributed by atoms with Crippen molar-refractivity contribution in [2.75, 3.05) is 25.6 Å². The summed E-state index contributed by atoms with van der Waals surface area (Å²) in [6, 6.07) is 9.49. The number of rotatable bonds is 6. The van der Waals surface area contributed by atoms with Crippen molar-refractivity contribution in [3.63, 3.8) is 0 Å². The number of nitrogens with zero attached hydrogens (tertiary/aromatic N) is 2. The second-order valence-corrected chi connectivity index (χ2v) is 4.65. The van der Waals surface area contributed by atoms with Crippen molar-refractivity contribution in [3.05, 3.63) is 35.4 Å². The van der Waals surface area contributed by atoms with Gasteiger partial charge < -0.3 is 9.64 Å². The lowest BCUT2D eigenvalue weighted by Gasteiger charge is -2.11. The Bertz CT molecular complexity index is 510. The zero-order valence-electron chi connectivity index (χ0n) is 12.2. The van der Waals surface area contributed by atoms with Crippen LogP contribution in [-0.2, 0) is 9.53 Å². The summed E-state index contributed by atoms with van der Waals surface area (Å²) >= 11 is 0. The molecule has 0 aromatic heterocycles. The standard InChI is InChI=1S/C16H20N2O2/c1-4-5-10-20-16(19)14(12-17)11-13-6-8-15(9-7-13)18(2)3/h6-9,11H,4-5,10H2,1-3H3. The highest BCUT2D eigenvalue weighted by molar-refractivity contribution is 5.97. The molecule has 0 saturated carbocycles. The Morgan fingerprint density at radius 1 is 1.35 bits per heavy atom. The molecule has 4 heteroatoms. The van der Waals surface area contributed by atoms with Crippen LogP contribution in [0, 0.1) is 11.3 Å². The van der Waals surface area contributed by atoms with Gasteiger partial charge in [-0.1, -0.05) is 25.5 Å². The van der Waals surface area contributed by atoms with Gasteiger partial charge in [0.2, 0.25) is 0 Å². The number of carbonyl (C=O) groups is 1. The van der Waals surface area contributed by atoms with Crippen LogP contribution < -0.4 is 4.90 Å². The highest BCUT2D eigenvalue weighted by Gasteiger charge is 2.10. The molecule has 0 radical (unpaired) electrons. The van der Waals surface area contributed by atoms with Gasteiger partial charge in [-0.15, -0.1) is 0 Å². The minimum absolute atomic E-state index is 0.0266. The maximum atomic E-state index is 11.7. The summed E-state index contributed by atoms with van der Waals surface area (Å²) in [5.74, 6) is -0.558. The van der Waals surface area contributed by atoms with E-state index in [0.717, 1.165) is 24.1 Å². The molecule has 0 aliphatic rings. The topological polar surface area (TPSA) is 53.3 Å². The van der Waals surface area contributed by atoms with E-state index in [1.54, 1.807) is 6.08 Å². The summed E-state index contributed by atoms with van der Waals surface area (Å²) in [4.78, 5) is 13.7. The Morgan fingerprint density at radius 2 is 2.00 bits per heavy atom. The molecule has 0 fully saturated rings. The number of benzene rings is 1. The first-order valence-corrected chi connectivity index (χ1v) is 6.64. The first-order chi connectivity index (χ1) is 9.58. The van der Waals surface area contributed by atoms with Crippen LogP contribution in [0.15, 0.2) is 29.8 Å².